The smallest absolute Gasteiger partial charge is 0.361 e. The fraction of sp³-hybridized carbons (Fsp3) is 1.00. The molecule has 0 unspecified atom stereocenters. The van der Waals surface area contributed by atoms with Crippen molar-refractivity contribution in [3.8, 4) is 0 Å². The molecule has 0 rings (SSSR count). The summed E-state index contributed by atoms with van der Waals surface area (Å²) >= 11 is 0. The molecule has 0 aromatic carbocycles. The summed E-state index contributed by atoms with van der Waals surface area (Å²) in [6, 6.07) is 0. The van der Waals surface area contributed by atoms with Crippen LogP contribution in [-0.4, -0.2) is 90.7 Å². The van der Waals surface area contributed by atoms with Gasteiger partial charge in [-0.15, -0.1) is 0 Å². The zero-order valence-corrected chi connectivity index (χ0v) is 19.1. The molecule has 8 N–H and O–H groups in total. The van der Waals surface area contributed by atoms with Crippen LogP contribution in [0.15, 0.2) is 0 Å². The summed E-state index contributed by atoms with van der Waals surface area (Å²) < 4.78 is 128. The molecular formula is C8H12F12O8W2. The number of rotatable bonds is 0. The van der Waals surface area contributed by atoms with E-state index in [4.69, 9.17) is 40.9 Å². The predicted octanol–water partition coefficient (Wildman–Crippen LogP) is -0.567. The van der Waals surface area contributed by atoms with Gasteiger partial charge in [0.15, 0.2) is 0 Å². The van der Waals surface area contributed by atoms with Gasteiger partial charge in [-0.3, -0.25) is 0 Å². The van der Waals surface area contributed by atoms with E-state index in [0.29, 0.717) is 0 Å². The van der Waals surface area contributed by atoms with Crippen molar-refractivity contribution in [1.29, 1.82) is 0 Å². The number of alkyl halides is 12. The first kappa shape index (κ1) is 44.0. The van der Waals surface area contributed by atoms with Gasteiger partial charge in [0.25, 0.3) is 25.2 Å². The fourth-order valence-corrected chi connectivity index (χ4v) is 0. The zero-order chi connectivity index (χ0) is 24.3. The number of aliphatic hydroxyl groups excluding tert-OH is 4. The van der Waals surface area contributed by atoms with E-state index < -0.39 is 49.9 Å². The van der Waals surface area contributed by atoms with E-state index in [-0.39, 0.29) is 42.1 Å². The van der Waals surface area contributed by atoms with E-state index in [9.17, 15) is 52.7 Å². The summed E-state index contributed by atoms with van der Waals surface area (Å²) in [6.07, 6.45) is -32.4. The Labute approximate surface area is 185 Å². The van der Waals surface area contributed by atoms with Crippen LogP contribution in [0.4, 0.5) is 52.7 Å². The van der Waals surface area contributed by atoms with Crippen LogP contribution in [0.3, 0.4) is 0 Å². The van der Waals surface area contributed by atoms with Crippen LogP contribution in [0.1, 0.15) is 0 Å². The Bertz CT molecular complexity index is 308. The molecule has 0 aromatic rings. The molecule has 0 aromatic heterocycles. The molecule has 0 aliphatic rings. The quantitative estimate of drug-likeness (QED) is 0.119. The summed E-state index contributed by atoms with van der Waals surface area (Å²) in [7, 11) is 0. The van der Waals surface area contributed by atoms with Gasteiger partial charge in [-0.1, -0.05) is 0 Å². The number of aliphatic hydroxyl groups is 8. The monoisotopic (exact) mass is 832 g/mol. The summed E-state index contributed by atoms with van der Waals surface area (Å²) in [5.74, 6) is 0. The fourth-order valence-electron chi connectivity index (χ4n) is 0. The first-order valence-electron chi connectivity index (χ1n) is 5.49. The van der Waals surface area contributed by atoms with Gasteiger partial charge in [-0.25, -0.2) is 0 Å². The van der Waals surface area contributed by atoms with Crippen molar-refractivity contribution in [3.63, 3.8) is 0 Å². The van der Waals surface area contributed by atoms with Crippen molar-refractivity contribution < 1.29 is 136 Å². The summed E-state index contributed by atoms with van der Waals surface area (Å²) in [5.41, 5.74) is 0. The summed E-state index contributed by atoms with van der Waals surface area (Å²) in [6.45, 7) is 0. The second-order valence-electron chi connectivity index (χ2n) is 3.66. The standard InChI is InChI=1S/4C2H3F3O2.2W/c4*3-2(4,5)1(6)7;;/h4*1,6-7H;;. The zero-order valence-electron chi connectivity index (χ0n) is 13.2. The largest absolute Gasteiger partial charge is 0.439 e. The number of hydrogen-bond donors (Lipinski definition) is 8. The number of hydrogen-bond acceptors (Lipinski definition) is 8. The van der Waals surface area contributed by atoms with Gasteiger partial charge in [0.2, 0.25) is 0 Å². The molecule has 0 atom stereocenters. The normalized spacial score (nSPS) is 12.0. The minimum absolute atomic E-state index is 0. The maximum absolute atomic E-state index is 10.7. The SMILES string of the molecule is OC(O)C(F)(F)F.OC(O)C(F)(F)F.OC(O)C(F)(F)F.OC(O)C(F)(F)F.[W].[W]. The van der Waals surface area contributed by atoms with Crippen molar-refractivity contribution in [1.82, 2.24) is 0 Å². The van der Waals surface area contributed by atoms with E-state index >= 15 is 0 Å². The van der Waals surface area contributed by atoms with E-state index in [0.717, 1.165) is 0 Å². The minimum atomic E-state index is -4.89. The van der Waals surface area contributed by atoms with Crippen LogP contribution < -0.4 is 0 Å². The molecule has 0 spiro atoms. The third-order valence-electron chi connectivity index (χ3n) is 1.17. The van der Waals surface area contributed by atoms with Crippen LogP contribution in [0.5, 0.6) is 0 Å². The Hall–Kier alpha value is 0.217. The first-order chi connectivity index (χ1) is 11.8. The molecule has 0 heterocycles. The Morgan fingerprint density at radius 1 is 0.300 bits per heavy atom. The second kappa shape index (κ2) is 17.7. The van der Waals surface area contributed by atoms with Gasteiger partial charge in [-0.2, -0.15) is 52.7 Å². The van der Waals surface area contributed by atoms with Crippen LogP contribution in [0.2, 0.25) is 0 Å². The molecule has 0 aliphatic carbocycles. The topological polar surface area (TPSA) is 162 Å². The molecular weight excluding hydrogens is 820 g/mol. The summed E-state index contributed by atoms with van der Waals surface area (Å²) in [5, 5.41) is 58.6. The van der Waals surface area contributed by atoms with Crippen LogP contribution in [-0.2, 0) is 42.1 Å². The van der Waals surface area contributed by atoms with Crippen molar-refractivity contribution in [2.45, 2.75) is 49.9 Å². The first-order valence-corrected chi connectivity index (χ1v) is 5.49. The minimum Gasteiger partial charge on any atom is -0.361 e. The molecule has 188 valence electrons. The van der Waals surface area contributed by atoms with Crippen molar-refractivity contribution >= 4 is 0 Å². The van der Waals surface area contributed by atoms with E-state index in [2.05, 4.69) is 0 Å². The van der Waals surface area contributed by atoms with E-state index in [1.165, 1.54) is 0 Å². The van der Waals surface area contributed by atoms with E-state index in [1.54, 1.807) is 0 Å². The predicted molar refractivity (Wildman–Crippen MR) is 57.1 cm³/mol. The Morgan fingerprint density at radius 2 is 0.333 bits per heavy atom. The van der Waals surface area contributed by atoms with Gasteiger partial charge < -0.3 is 40.9 Å². The molecule has 0 bridgehead atoms. The third-order valence-corrected chi connectivity index (χ3v) is 1.17. The van der Waals surface area contributed by atoms with Gasteiger partial charge in [-0.05, 0) is 0 Å². The molecule has 22 heteroatoms. The van der Waals surface area contributed by atoms with Crippen LogP contribution in [0.25, 0.3) is 0 Å². The Morgan fingerprint density at radius 3 is 0.333 bits per heavy atom. The average Bonchev–Trinajstić information content (AvgIpc) is 2.35. The molecule has 0 aliphatic heterocycles. The van der Waals surface area contributed by atoms with Gasteiger partial charge in [0.05, 0.1) is 0 Å². The molecule has 0 saturated carbocycles. The molecule has 8 nitrogen and oxygen atoms in total. The van der Waals surface area contributed by atoms with Gasteiger partial charge in [0, 0.05) is 42.1 Å². The summed E-state index contributed by atoms with van der Waals surface area (Å²) in [4.78, 5) is 0. The third kappa shape index (κ3) is 35.6. The van der Waals surface area contributed by atoms with Gasteiger partial charge >= 0.3 is 24.7 Å². The van der Waals surface area contributed by atoms with Crippen LogP contribution in [0, 0.1) is 0 Å². The molecule has 0 saturated heterocycles. The van der Waals surface area contributed by atoms with Crippen molar-refractivity contribution in [2.75, 3.05) is 0 Å². The van der Waals surface area contributed by atoms with E-state index in [1.807, 2.05) is 0 Å². The number of halogens is 12. The maximum atomic E-state index is 10.7. The average molecular weight is 832 g/mol. The maximum Gasteiger partial charge on any atom is 0.439 e. The molecule has 0 radical (unpaired) electrons. The van der Waals surface area contributed by atoms with Crippen LogP contribution >= 0.6 is 0 Å². The van der Waals surface area contributed by atoms with Crippen molar-refractivity contribution in [3.05, 3.63) is 0 Å². The van der Waals surface area contributed by atoms with Gasteiger partial charge in [0.1, 0.15) is 0 Å². The Kier molecular flexibility index (Phi) is 26.0. The molecule has 30 heavy (non-hydrogen) atoms. The second-order valence-corrected chi connectivity index (χ2v) is 3.66. The molecule has 0 amide bonds. The Balaban J connectivity index is -0.0000000626. The molecule has 0 fully saturated rings. The van der Waals surface area contributed by atoms with Crippen molar-refractivity contribution in [2.24, 2.45) is 0 Å².